The Labute approximate surface area is 228 Å². The van der Waals surface area contributed by atoms with E-state index in [4.69, 9.17) is 32.7 Å². The second kappa shape index (κ2) is 12.2. The molecule has 0 saturated carbocycles. The predicted octanol–water partition coefficient (Wildman–Crippen LogP) is 8.42. The molecule has 3 aromatic rings. The van der Waals surface area contributed by atoms with Crippen molar-refractivity contribution in [2.75, 3.05) is 0 Å². The lowest BCUT2D eigenvalue weighted by molar-refractivity contribution is -0.136. The Morgan fingerprint density at radius 2 is 1.84 bits per heavy atom. The standard InChI is InChI=1S/C31H32Cl2O4/c1-19(2)25-17-26(24-9-4-5-10-28(24)33)20(3)37-31(25)27-16-21(12-14-30(34)35)11-13-29(27)36-18-22-7-6-8-23(32)15-22/h4-11,13,15-16,20,25-26,31H,1,12,14,17-18H2,2-3H3,(H,34,35)/t20-,25+,26-,31-/m0/s1. The highest BCUT2D eigenvalue weighted by Crippen LogP contribution is 2.49. The van der Waals surface area contributed by atoms with Crippen molar-refractivity contribution in [2.24, 2.45) is 5.92 Å². The van der Waals surface area contributed by atoms with Crippen LogP contribution in [0.1, 0.15) is 61.0 Å². The largest absolute Gasteiger partial charge is 0.489 e. The number of ether oxygens (including phenoxy) is 2. The van der Waals surface area contributed by atoms with E-state index in [9.17, 15) is 9.90 Å². The van der Waals surface area contributed by atoms with Crippen molar-refractivity contribution in [3.8, 4) is 5.75 Å². The molecular weight excluding hydrogens is 507 g/mol. The van der Waals surface area contributed by atoms with Crippen molar-refractivity contribution in [3.63, 3.8) is 0 Å². The molecule has 37 heavy (non-hydrogen) atoms. The number of aliphatic carboxylic acids is 1. The van der Waals surface area contributed by atoms with Crippen molar-refractivity contribution in [2.45, 2.75) is 57.8 Å². The summed E-state index contributed by atoms with van der Waals surface area (Å²) in [5, 5.41) is 10.6. The molecule has 0 radical (unpaired) electrons. The summed E-state index contributed by atoms with van der Waals surface area (Å²) >= 11 is 12.7. The van der Waals surface area contributed by atoms with E-state index >= 15 is 0 Å². The Morgan fingerprint density at radius 1 is 1.05 bits per heavy atom. The number of halogens is 2. The molecule has 1 heterocycles. The van der Waals surface area contributed by atoms with Crippen LogP contribution in [0.25, 0.3) is 0 Å². The van der Waals surface area contributed by atoms with E-state index in [1.54, 1.807) is 0 Å². The second-order valence-electron chi connectivity index (χ2n) is 9.76. The third-order valence-corrected chi connectivity index (χ3v) is 7.61. The molecule has 1 aliphatic rings. The summed E-state index contributed by atoms with van der Waals surface area (Å²) in [4.78, 5) is 11.2. The molecular formula is C31H32Cl2O4. The van der Waals surface area contributed by atoms with E-state index < -0.39 is 5.97 Å². The Hall–Kier alpha value is -2.79. The highest BCUT2D eigenvalue weighted by Gasteiger charge is 2.39. The van der Waals surface area contributed by atoms with E-state index in [0.29, 0.717) is 23.8 Å². The zero-order valence-electron chi connectivity index (χ0n) is 21.1. The molecule has 3 aromatic carbocycles. The second-order valence-corrected chi connectivity index (χ2v) is 10.6. The van der Waals surface area contributed by atoms with Crippen molar-refractivity contribution in [1.29, 1.82) is 0 Å². The third kappa shape index (κ3) is 6.75. The first-order valence-corrected chi connectivity index (χ1v) is 13.3. The predicted molar refractivity (Wildman–Crippen MR) is 149 cm³/mol. The normalized spacial score (nSPS) is 21.4. The molecule has 6 heteroatoms. The maximum atomic E-state index is 11.2. The summed E-state index contributed by atoms with van der Waals surface area (Å²) in [5.41, 5.74) is 4.89. The molecule has 0 spiro atoms. The van der Waals surface area contributed by atoms with Crippen LogP contribution in [0.15, 0.2) is 78.9 Å². The Kier molecular flexibility index (Phi) is 8.96. The molecule has 0 bridgehead atoms. The van der Waals surface area contributed by atoms with Gasteiger partial charge in [0.05, 0.1) is 12.2 Å². The molecule has 0 unspecified atom stereocenters. The zero-order valence-corrected chi connectivity index (χ0v) is 22.6. The molecule has 1 N–H and O–H groups in total. The molecule has 0 aromatic heterocycles. The molecule has 4 rings (SSSR count). The van der Waals surface area contributed by atoms with Gasteiger partial charge in [-0.25, -0.2) is 0 Å². The summed E-state index contributed by atoms with van der Waals surface area (Å²) in [7, 11) is 0. The van der Waals surface area contributed by atoms with Crippen LogP contribution in [0.4, 0.5) is 0 Å². The molecule has 1 aliphatic heterocycles. The minimum absolute atomic E-state index is 0.0284. The van der Waals surface area contributed by atoms with E-state index in [-0.39, 0.29) is 30.5 Å². The molecule has 194 valence electrons. The topological polar surface area (TPSA) is 55.8 Å². The van der Waals surface area contributed by atoms with Crippen LogP contribution in [0, 0.1) is 5.92 Å². The lowest BCUT2D eigenvalue weighted by atomic mass is 9.75. The summed E-state index contributed by atoms with van der Waals surface area (Å²) in [6, 6.07) is 21.4. The fraction of sp³-hybridized carbons (Fsp3) is 0.323. The number of carboxylic acid groups (broad SMARTS) is 1. The number of carbonyl (C=O) groups is 1. The van der Waals surface area contributed by atoms with Crippen LogP contribution >= 0.6 is 23.2 Å². The first-order chi connectivity index (χ1) is 17.7. The summed E-state index contributed by atoms with van der Waals surface area (Å²) in [6.07, 6.45) is 0.939. The molecule has 1 fully saturated rings. The van der Waals surface area contributed by atoms with Gasteiger partial charge in [0.15, 0.2) is 0 Å². The average molecular weight is 539 g/mol. The van der Waals surface area contributed by atoms with Crippen LogP contribution in [-0.4, -0.2) is 17.2 Å². The van der Waals surface area contributed by atoms with Crippen LogP contribution in [0.3, 0.4) is 0 Å². The first kappa shape index (κ1) is 27.3. The highest BCUT2D eigenvalue weighted by molar-refractivity contribution is 6.31. The molecule has 4 nitrogen and oxygen atoms in total. The number of hydrogen-bond donors (Lipinski definition) is 1. The van der Waals surface area contributed by atoms with Gasteiger partial charge in [-0.1, -0.05) is 71.8 Å². The number of rotatable bonds is 9. The average Bonchev–Trinajstić information content (AvgIpc) is 2.86. The van der Waals surface area contributed by atoms with Crippen molar-refractivity contribution >= 4 is 29.2 Å². The Bertz CT molecular complexity index is 1270. The molecule has 4 atom stereocenters. The van der Waals surface area contributed by atoms with E-state index in [1.165, 1.54) is 0 Å². The van der Waals surface area contributed by atoms with Crippen molar-refractivity contribution in [3.05, 3.63) is 111 Å². The summed E-state index contributed by atoms with van der Waals surface area (Å²) in [5.74, 6) is 0.0323. The Balaban J connectivity index is 1.68. The van der Waals surface area contributed by atoms with Crippen LogP contribution in [0.2, 0.25) is 10.0 Å². The number of aryl methyl sites for hydroxylation is 1. The third-order valence-electron chi connectivity index (χ3n) is 7.03. The minimum Gasteiger partial charge on any atom is -0.489 e. The first-order valence-electron chi connectivity index (χ1n) is 12.5. The fourth-order valence-corrected chi connectivity index (χ4v) is 5.55. The summed E-state index contributed by atoms with van der Waals surface area (Å²) in [6.45, 7) is 8.76. The van der Waals surface area contributed by atoms with Gasteiger partial charge in [0.2, 0.25) is 0 Å². The maximum Gasteiger partial charge on any atom is 0.303 e. The molecule has 0 amide bonds. The summed E-state index contributed by atoms with van der Waals surface area (Å²) < 4.78 is 13.0. The van der Waals surface area contributed by atoms with Gasteiger partial charge in [0, 0.05) is 33.9 Å². The van der Waals surface area contributed by atoms with Crippen molar-refractivity contribution < 1.29 is 19.4 Å². The van der Waals surface area contributed by atoms with Crippen LogP contribution in [0.5, 0.6) is 5.75 Å². The highest BCUT2D eigenvalue weighted by atomic mass is 35.5. The van der Waals surface area contributed by atoms with E-state index in [1.807, 2.05) is 67.6 Å². The van der Waals surface area contributed by atoms with Gasteiger partial charge < -0.3 is 14.6 Å². The molecule has 0 aliphatic carbocycles. The van der Waals surface area contributed by atoms with Crippen LogP contribution < -0.4 is 4.74 Å². The quantitative estimate of drug-likeness (QED) is 0.278. The zero-order chi connectivity index (χ0) is 26.5. The lowest BCUT2D eigenvalue weighted by Crippen LogP contribution is -2.34. The van der Waals surface area contributed by atoms with Gasteiger partial charge in [-0.05, 0) is 73.7 Å². The van der Waals surface area contributed by atoms with Gasteiger partial charge in [0.25, 0.3) is 0 Å². The fourth-order valence-electron chi connectivity index (χ4n) is 5.06. The van der Waals surface area contributed by atoms with Crippen molar-refractivity contribution in [1.82, 2.24) is 0 Å². The van der Waals surface area contributed by atoms with Crippen LogP contribution in [-0.2, 0) is 22.6 Å². The van der Waals surface area contributed by atoms with E-state index in [2.05, 4.69) is 19.6 Å². The van der Waals surface area contributed by atoms with Gasteiger partial charge >= 0.3 is 5.97 Å². The SMILES string of the molecule is C=C(C)[C@H]1C[C@H](c2ccccc2Cl)[C@H](C)O[C@@H]1c1cc(CCC(=O)O)ccc1OCc1cccc(Cl)c1. The van der Waals surface area contributed by atoms with E-state index in [0.717, 1.165) is 39.3 Å². The van der Waals surface area contributed by atoms with Gasteiger partial charge in [-0.15, -0.1) is 0 Å². The minimum atomic E-state index is -0.826. The maximum absolute atomic E-state index is 11.2. The number of carboxylic acids is 1. The lowest BCUT2D eigenvalue weighted by Gasteiger charge is -2.42. The van der Waals surface area contributed by atoms with Gasteiger partial charge in [0.1, 0.15) is 12.4 Å². The smallest absolute Gasteiger partial charge is 0.303 e. The van der Waals surface area contributed by atoms with Gasteiger partial charge in [-0.2, -0.15) is 0 Å². The van der Waals surface area contributed by atoms with Gasteiger partial charge in [-0.3, -0.25) is 4.79 Å². The molecule has 1 saturated heterocycles. The Morgan fingerprint density at radius 3 is 2.54 bits per heavy atom. The number of hydrogen-bond acceptors (Lipinski definition) is 3. The number of benzene rings is 3. The monoisotopic (exact) mass is 538 g/mol.